The molecular weight excluding hydrogens is 266 g/mol. The van der Waals surface area contributed by atoms with E-state index in [1.54, 1.807) is 11.3 Å². The molecule has 2 rings (SSSR count). The van der Waals surface area contributed by atoms with Crippen LogP contribution in [-0.2, 0) is 0 Å². The van der Waals surface area contributed by atoms with Gasteiger partial charge in [-0.1, -0.05) is 27.2 Å². The standard InChI is InChI=1S/C16H29N3S/c1-5-9-17-13(3)14-12-20-15(18-14)19-10-7-16(4,6-2)8-11-19/h12-13,17H,5-11H2,1-4H3. The highest BCUT2D eigenvalue weighted by atomic mass is 32.1. The highest BCUT2D eigenvalue weighted by Crippen LogP contribution is 2.36. The van der Waals surface area contributed by atoms with E-state index in [0.717, 1.165) is 19.6 Å². The molecule has 0 spiro atoms. The molecular formula is C16H29N3S. The normalized spacial score (nSPS) is 20.1. The molecule has 1 aromatic rings. The van der Waals surface area contributed by atoms with Crippen LogP contribution < -0.4 is 10.2 Å². The van der Waals surface area contributed by atoms with Crippen LogP contribution in [0, 0.1) is 5.41 Å². The van der Waals surface area contributed by atoms with Crippen LogP contribution in [0.5, 0.6) is 0 Å². The van der Waals surface area contributed by atoms with Gasteiger partial charge in [-0.3, -0.25) is 0 Å². The van der Waals surface area contributed by atoms with Crippen LogP contribution in [0.1, 0.15) is 65.1 Å². The third-order valence-corrected chi connectivity index (χ3v) is 5.67. The van der Waals surface area contributed by atoms with Crippen molar-refractivity contribution in [3.8, 4) is 0 Å². The van der Waals surface area contributed by atoms with Gasteiger partial charge < -0.3 is 10.2 Å². The van der Waals surface area contributed by atoms with E-state index in [0.29, 0.717) is 11.5 Å². The lowest BCUT2D eigenvalue weighted by Gasteiger charge is -2.38. The van der Waals surface area contributed by atoms with Gasteiger partial charge >= 0.3 is 0 Å². The number of hydrogen-bond donors (Lipinski definition) is 1. The summed E-state index contributed by atoms with van der Waals surface area (Å²) < 4.78 is 0. The first-order chi connectivity index (χ1) is 9.58. The molecule has 1 N–H and O–H groups in total. The molecule has 0 radical (unpaired) electrons. The maximum atomic E-state index is 4.84. The van der Waals surface area contributed by atoms with Crippen LogP contribution in [0.2, 0.25) is 0 Å². The molecule has 3 nitrogen and oxygen atoms in total. The van der Waals surface area contributed by atoms with E-state index in [2.05, 4.69) is 43.3 Å². The van der Waals surface area contributed by atoms with Crippen molar-refractivity contribution in [1.82, 2.24) is 10.3 Å². The van der Waals surface area contributed by atoms with E-state index in [-0.39, 0.29) is 0 Å². The van der Waals surface area contributed by atoms with E-state index in [1.165, 1.54) is 36.5 Å². The van der Waals surface area contributed by atoms with Gasteiger partial charge in [0.15, 0.2) is 5.13 Å². The van der Waals surface area contributed by atoms with Crippen molar-refractivity contribution in [2.75, 3.05) is 24.5 Å². The van der Waals surface area contributed by atoms with Crippen molar-refractivity contribution in [1.29, 1.82) is 0 Å². The Hall–Kier alpha value is -0.610. The van der Waals surface area contributed by atoms with Crippen molar-refractivity contribution in [3.63, 3.8) is 0 Å². The molecule has 4 heteroatoms. The highest BCUT2D eigenvalue weighted by molar-refractivity contribution is 7.13. The largest absolute Gasteiger partial charge is 0.348 e. The first-order valence-corrected chi connectivity index (χ1v) is 8.89. The molecule has 2 heterocycles. The SMILES string of the molecule is CCCNC(C)c1csc(N2CCC(C)(CC)CC2)n1. The number of anilines is 1. The Balaban J connectivity index is 1.93. The summed E-state index contributed by atoms with van der Waals surface area (Å²) in [7, 11) is 0. The minimum absolute atomic E-state index is 0.366. The highest BCUT2D eigenvalue weighted by Gasteiger charge is 2.29. The second kappa shape index (κ2) is 6.90. The third-order valence-electron chi connectivity index (χ3n) is 4.75. The molecule has 0 aliphatic carbocycles. The van der Waals surface area contributed by atoms with Crippen molar-refractivity contribution < 1.29 is 0 Å². The van der Waals surface area contributed by atoms with E-state index in [4.69, 9.17) is 4.98 Å². The number of nitrogens with zero attached hydrogens (tertiary/aromatic N) is 2. The molecule has 20 heavy (non-hydrogen) atoms. The lowest BCUT2D eigenvalue weighted by Crippen LogP contribution is -2.38. The minimum atomic E-state index is 0.366. The molecule has 1 aliphatic rings. The van der Waals surface area contributed by atoms with Gasteiger partial charge in [0, 0.05) is 24.5 Å². The maximum absolute atomic E-state index is 4.84. The molecule has 1 aliphatic heterocycles. The van der Waals surface area contributed by atoms with Gasteiger partial charge in [-0.25, -0.2) is 4.98 Å². The summed E-state index contributed by atoms with van der Waals surface area (Å²) in [5.74, 6) is 0. The van der Waals surface area contributed by atoms with Crippen molar-refractivity contribution in [2.24, 2.45) is 5.41 Å². The van der Waals surface area contributed by atoms with Crippen LogP contribution in [0.15, 0.2) is 5.38 Å². The quantitative estimate of drug-likeness (QED) is 0.851. The maximum Gasteiger partial charge on any atom is 0.185 e. The zero-order valence-corrected chi connectivity index (χ0v) is 14.2. The van der Waals surface area contributed by atoms with E-state index >= 15 is 0 Å². The average molecular weight is 295 g/mol. The first-order valence-electron chi connectivity index (χ1n) is 8.01. The Kier molecular flexibility index (Phi) is 5.44. The Morgan fingerprint density at radius 1 is 1.40 bits per heavy atom. The van der Waals surface area contributed by atoms with E-state index in [9.17, 15) is 0 Å². The van der Waals surface area contributed by atoms with Crippen LogP contribution in [-0.4, -0.2) is 24.6 Å². The number of nitrogens with one attached hydrogen (secondary N) is 1. The molecule has 0 aromatic carbocycles. The summed E-state index contributed by atoms with van der Waals surface area (Å²) in [5, 5.41) is 6.94. The van der Waals surface area contributed by atoms with Crippen molar-refractivity contribution >= 4 is 16.5 Å². The molecule has 1 aromatic heterocycles. The monoisotopic (exact) mass is 295 g/mol. The smallest absolute Gasteiger partial charge is 0.185 e. The number of aromatic nitrogens is 1. The fourth-order valence-corrected chi connectivity index (χ4v) is 3.65. The second-order valence-electron chi connectivity index (χ2n) is 6.38. The third kappa shape index (κ3) is 3.73. The Morgan fingerprint density at radius 3 is 2.70 bits per heavy atom. The number of rotatable bonds is 6. The van der Waals surface area contributed by atoms with E-state index in [1.807, 2.05) is 0 Å². The summed E-state index contributed by atoms with van der Waals surface area (Å²) in [6.07, 6.45) is 5.05. The van der Waals surface area contributed by atoms with Gasteiger partial charge in [0.2, 0.25) is 0 Å². The fourth-order valence-electron chi connectivity index (χ4n) is 2.68. The lowest BCUT2D eigenvalue weighted by molar-refractivity contribution is 0.238. The molecule has 1 saturated heterocycles. The van der Waals surface area contributed by atoms with Crippen molar-refractivity contribution in [3.05, 3.63) is 11.1 Å². The minimum Gasteiger partial charge on any atom is -0.348 e. The van der Waals surface area contributed by atoms with Gasteiger partial charge in [0.25, 0.3) is 0 Å². The summed E-state index contributed by atoms with van der Waals surface area (Å²) in [6, 6.07) is 0.366. The second-order valence-corrected chi connectivity index (χ2v) is 7.22. The van der Waals surface area contributed by atoms with Crippen LogP contribution in [0.25, 0.3) is 0 Å². The predicted molar refractivity (Wildman–Crippen MR) is 88.7 cm³/mol. The van der Waals surface area contributed by atoms with Gasteiger partial charge in [-0.05, 0) is 38.1 Å². The molecule has 0 saturated carbocycles. The van der Waals surface area contributed by atoms with Crippen molar-refractivity contribution in [2.45, 2.75) is 59.4 Å². The summed E-state index contributed by atoms with van der Waals surface area (Å²) in [6.45, 7) is 12.5. The van der Waals surface area contributed by atoms with Gasteiger partial charge in [-0.2, -0.15) is 0 Å². The summed E-state index contributed by atoms with van der Waals surface area (Å²) in [4.78, 5) is 7.31. The molecule has 0 bridgehead atoms. The Morgan fingerprint density at radius 2 is 2.10 bits per heavy atom. The average Bonchev–Trinajstić information content (AvgIpc) is 2.95. The zero-order chi connectivity index (χ0) is 14.6. The molecule has 0 amide bonds. The van der Waals surface area contributed by atoms with Crippen LogP contribution in [0.3, 0.4) is 0 Å². The summed E-state index contributed by atoms with van der Waals surface area (Å²) in [5.41, 5.74) is 1.74. The van der Waals surface area contributed by atoms with E-state index < -0.39 is 0 Å². The first kappa shape index (κ1) is 15.8. The lowest BCUT2D eigenvalue weighted by atomic mass is 9.78. The Bertz CT molecular complexity index is 408. The summed E-state index contributed by atoms with van der Waals surface area (Å²) >= 11 is 1.80. The van der Waals surface area contributed by atoms with Crippen LogP contribution >= 0.6 is 11.3 Å². The molecule has 1 fully saturated rings. The number of thiazole rings is 1. The predicted octanol–water partition coefficient (Wildman–Crippen LogP) is 4.22. The van der Waals surface area contributed by atoms with Gasteiger partial charge in [0.05, 0.1) is 5.69 Å². The Labute approximate surface area is 127 Å². The fraction of sp³-hybridized carbons (Fsp3) is 0.812. The number of hydrogen-bond acceptors (Lipinski definition) is 4. The topological polar surface area (TPSA) is 28.2 Å². The molecule has 114 valence electrons. The number of piperidine rings is 1. The molecule has 1 unspecified atom stereocenters. The van der Waals surface area contributed by atoms with Crippen LogP contribution in [0.4, 0.5) is 5.13 Å². The van der Waals surface area contributed by atoms with Gasteiger partial charge in [0.1, 0.15) is 0 Å². The molecule has 1 atom stereocenters. The zero-order valence-electron chi connectivity index (χ0n) is 13.4. The van der Waals surface area contributed by atoms with Gasteiger partial charge in [-0.15, -0.1) is 11.3 Å².